The molecule has 0 spiro atoms. The third-order valence-electron chi connectivity index (χ3n) is 6.18. The molecule has 0 aromatic rings. The van der Waals surface area contributed by atoms with Crippen LogP contribution in [0.4, 0.5) is 0 Å². The Bertz CT molecular complexity index is 449. The summed E-state index contributed by atoms with van der Waals surface area (Å²) in [4.78, 5) is 11.6. The van der Waals surface area contributed by atoms with E-state index in [0.717, 1.165) is 12.8 Å². The van der Waals surface area contributed by atoms with Crippen molar-refractivity contribution in [2.45, 2.75) is 135 Å². The fourth-order valence-electron chi connectivity index (χ4n) is 3.58. The highest BCUT2D eigenvalue weighted by molar-refractivity contribution is 5.74. The molecule has 0 aliphatic rings. The molecule has 0 fully saturated rings. The van der Waals surface area contributed by atoms with Gasteiger partial charge in [-0.05, 0) is 18.8 Å². The van der Waals surface area contributed by atoms with Gasteiger partial charge in [0.1, 0.15) is 12.2 Å². The summed E-state index contributed by atoms with van der Waals surface area (Å²) in [5.41, 5.74) is 0. The lowest BCUT2D eigenvalue weighted by molar-refractivity contribution is -0.157. The van der Waals surface area contributed by atoms with Crippen LogP contribution in [-0.4, -0.2) is 105 Å². The minimum absolute atomic E-state index is 0.365. The second-order valence-corrected chi connectivity index (χ2v) is 10.1. The summed E-state index contributed by atoms with van der Waals surface area (Å²) in [7, 11) is 0. The summed E-state index contributed by atoms with van der Waals surface area (Å²) in [6, 6.07) is 0. The molecule has 0 aromatic carbocycles. The molecule has 0 amide bonds. The number of ether oxygens (including phenoxy) is 1. The van der Waals surface area contributed by atoms with Crippen LogP contribution < -0.4 is 0 Å². The smallest absolute Gasteiger partial charge is 0.337 e. The minimum Gasteiger partial charge on any atom is -0.463 e. The minimum atomic E-state index is -1.40. The summed E-state index contributed by atoms with van der Waals surface area (Å²) < 4.78 is 5.23. The van der Waals surface area contributed by atoms with Crippen LogP contribution in [0, 0.1) is 5.92 Å². The molecule has 0 aromatic heterocycles. The number of hydrogen-bond acceptors (Lipinski definition) is 10. The lowest BCUT2D eigenvalue weighted by Crippen LogP contribution is -2.28. The van der Waals surface area contributed by atoms with E-state index in [1.54, 1.807) is 0 Å². The molecule has 0 rings (SSSR count). The molecule has 0 heterocycles. The van der Waals surface area contributed by atoms with Gasteiger partial charge in [0.15, 0.2) is 6.10 Å². The monoisotopic (exact) mass is 570 g/mol. The molecule has 0 radical (unpaired) electrons. The number of aliphatic hydroxyl groups excluding tert-OH is 8. The number of rotatable bonds is 24. The largest absolute Gasteiger partial charge is 0.463 e. The van der Waals surface area contributed by atoms with Gasteiger partial charge in [0.05, 0.1) is 39.6 Å². The van der Waals surface area contributed by atoms with Gasteiger partial charge in [0, 0.05) is 0 Å². The molecule has 10 nitrogen and oxygen atoms in total. The molecule has 8 N–H and O–H groups in total. The summed E-state index contributed by atoms with van der Waals surface area (Å²) in [6.07, 6.45) is 16.9. The molecule has 0 bridgehead atoms. The highest BCUT2D eigenvalue weighted by Crippen LogP contribution is 2.20. The van der Waals surface area contributed by atoms with Gasteiger partial charge >= 0.3 is 5.97 Å². The molecule has 10 heteroatoms. The first-order valence-electron chi connectivity index (χ1n) is 15.0. The highest BCUT2D eigenvalue weighted by Gasteiger charge is 2.18. The van der Waals surface area contributed by atoms with Gasteiger partial charge in [-0.25, -0.2) is 4.79 Å². The Morgan fingerprint density at radius 2 is 0.872 bits per heavy atom. The lowest BCUT2D eigenvalue weighted by atomic mass is 9.94. The third-order valence-corrected chi connectivity index (χ3v) is 6.18. The fraction of sp³-hybridized carbons (Fsp3) is 0.966. The van der Waals surface area contributed by atoms with E-state index in [-0.39, 0.29) is 26.4 Å². The van der Waals surface area contributed by atoms with E-state index >= 15 is 0 Å². The maximum Gasteiger partial charge on any atom is 0.337 e. The molecule has 0 saturated carbocycles. The van der Waals surface area contributed by atoms with Crippen molar-refractivity contribution in [2.75, 3.05) is 39.6 Å². The summed E-state index contributed by atoms with van der Waals surface area (Å²) in [6.45, 7) is 2.83. The predicted octanol–water partition coefficient (Wildman–Crippen LogP) is 2.44. The molecule has 0 aliphatic carbocycles. The number of unbranched alkanes of at least 4 members (excludes halogenated alkanes) is 12. The number of aliphatic hydroxyl groups is 8. The number of hydrogen-bond donors (Lipinski definition) is 8. The SMILES string of the molecule is CCCCCCCCCCC(CCCCCCCC)COC(=O)C(O)CO.OCC(O)CO.OCC(O)CO. The van der Waals surface area contributed by atoms with Gasteiger partial charge in [0.25, 0.3) is 0 Å². The Hall–Kier alpha value is -0.850. The van der Waals surface area contributed by atoms with E-state index in [9.17, 15) is 9.90 Å². The highest BCUT2D eigenvalue weighted by atomic mass is 16.5. The molecule has 238 valence electrons. The van der Waals surface area contributed by atoms with Crippen molar-refractivity contribution in [1.82, 2.24) is 0 Å². The van der Waals surface area contributed by atoms with Crippen LogP contribution in [0.25, 0.3) is 0 Å². The van der Waals surface area contributed by atoms with Crippen molar-refractivity contribution in [3.8, 4) is 0 Å². The van der Waals surface area contributed by atoms with Crippen LogP contribution in [0.5, 0.6) is 0 Å². The van der Waals surface area contributed by atoms with Crippen molar-refractivity contribution in [3.63, 3.8) is 0 Å². The zero-order valence-corrected chi connectivity index (χ0v) is 24.8. The fourth-order valence-corrected chi connectivity index (χ4v) is 3.58. The summed E-state index contributed by atoms with van der Waals surface area (Å²) in [5.74, 6) is -0.313. The first-order valence-corrected chi connectivity index (χ1v) is 15.0. The van der Waals surface area contributed by atoms with Gasteiger partial charge in [-0.15, -0.1) is 0 Å². The number of carbonyl (C=O) groups excluding carboxylic acids is 1. The normalized spacial score (nSPS) is 12.4. The van der Waals surface area contributed by atoms with Crippen molar-refractivity contribution in [2.24, 2.45) is 5.92 Å². The Morgan fingerprint density at radius 3 is 1.15 bits per heavy atom. The van der Waals surface area contributed by atoms with Crippen molar-refractivity contribution < 1.29 is 50.4 Å². The quantitative estimate of drug-likeness (QED) is 0.0632. The van der Waals surface area contributed by atoms with Crippen LogP contribution in [0.15, 0.2) is 0 Å². The average molecular weight is 571 g/mol. The first kappa shape index (κ1) is 42.6. The molecule has 0 saturated heterocycles. The Labute approximate surface area is 237 Å². The van der Waals surface area contributed by atoms with Crippen molar-refractivity contribution >= 4 is 5.97 Å². The average Bonchev–Trinajstić information content (AvgIpc) is 2.97. The van der Waals surface area contributed by atoms with Crippen LogP contribution >= 0.6 is 0 Å². The van der Waals surface area contributed by atoms with Gasteiger partial charge in [-0.3, -0.25) is 0 Å². The summed E-state index contributed by atoms with van der Waals surface area (Å²) in [5, 5.41) is 66.2. The molecular formula is C29H62O10. The Kier molecular flexibility index (Phi) is 38.4. The Morgan fingerprint density at radius 1 is 0.538 bits per heavy atom. The number of carbonyl (C=O) groups is 1. The topological polar surface area (TPSA) is 188 Å². The third kappa shape index (κ3) is 35.1. The molecular weight excluding hydrogens is 508 g/mol. The van der Waals surface area contributed by atoms with E-state index < -0.39 is 30.9 Å². The van der Waals surface area contributed by atoms with Gasteiger partial charge in [-0.1, -0.05) is 104 Å². The van der Waals surface area contributed by atoms with E-state index in [2.05, 4.69) is 13.8 Å². The van der Waals surface area contributed by atoms with Crippen molar-refractivity contribution in [3.05, 3.63) is 0 Å². The van der Waals surface area contributed by atoms with Gasteiger partial charge in [0.2, 0.25) is 0 Å². The second kappa shape index (κ2) is 35.2. The molecule has 2 atom stereocenters. The standard InChI is InChI=1S/C23H46O4.2C3H8O3/c1-3-5-7-9-11-12-14-16-18-21(17-15-13-10-8-6-4-2)20-27-23(26)22(25)19-24;2*4-1-3(6)2-5/h21-22,24-25H,3-20H2,1-2H3;2*3-6H,1-2H2. The number of esters is 1. The first-order chi connectivity index (χ1) is 18.8. The zero-order valence-electron chi connectivity index (χ0n) is 24.8. The van der Waals surface area contributed by atoms with Crippen LogP contribution in [0.1, 0.15) is 117 Å². The van der Waals surface area contributed by atoms with Crippen LogP contribution in [-0.2, 0) is 9.53 Å². The van der Waals surface area contributed by atoms with Crippen LogP contribution in [0.2, 0.25) is 0 Å². The molecule has 39 heavy (non-hydrogen) atoms. The van der Waals surface area contributed by atoms with Crippen molar-refractivity contribution in [1.29, 1.82) is 0 Å². The zero-order chi connectivity index (χ0) is 30.2. The molecule has 2 unspecified atom stereocenters. The van der Waals surface area contributed by atoms with E-state index in [4.69, 9.17) is 40.5 Å². The predicted molar refractivity (Wildman–Crippen MR) is 153 cm³/mol. The lowest BCUT2D eigenvalue weighted by Gasteiger charge is -2.18. The van der Waals surface area contributed by atoms with E-state index in [1.807, 2.05) is 0 Å². The van der Waals surface area contributed by atoms with E-state index in [1.165, 1.54) is 89.9 Å². The maximum absolute atomic E-state index is 11.6. The van der Waals surface area contributed by atoms with Gasteiger partial charge in [-0.2, -0.15) is 0 Å². The maximum atomic E-state index is 11.6. The summed E-state index contributed by atoms with van der Waals surface area (Å²) >= 11 is 0. The van der Waals surface area contributed by atoms with E-state index in [0.29, 0.717) is 12.5 Å². The second-order valence-electron chi connectivity index (χ2n) is 10.1. The van der Waals surface area contributed by atoms with Crippen LogP contribution in [0.3, 0.4) is 0 Å². The molecule has 0 aliphatic heterocycles. The Balaban J connectivity index is -0.000000889. The van der Waals surface area contributed by atoms with Gasteiger partial charge < -0.3 is 45.6 Å².